The van der Waals surface area contributed by atoms with Crippen LogP contribution < -0.4 is 9.47 Å². The van der Waals surface area contributed by atoms with Crippen molar-refractivity contribution >= 4 is 6.09 Å². The summed E-state index contributed by atoms with van der Waals surface area (Å²) in [5.41, 5.74) is 1.52. The van der Waals surface area contributed by atoms with E-state index in [9.17, 15) is 4.79 Å². The molecule has 1 saturated heterocycles. The molecular formula is C24H29NO4. The lowest BCUT2D eigenvalue weighted by Crippen LogP contribution is -2.44. The lowest BCUT2D eigenvalue weighted by molar-refractivity contribution is 0.0170. The lowest BCUT2D eigenvalue weighted by Gasteiger charge is -2.35. The molecule has 29 heavy (non-hydrogen) atoms. The van der Waals surface area contributed by atoms with Crippen LogP contribution in [0.4, 0.5) is 4.79 Å². The Morgan fingerprint density at radius 1 is 1.14 bits per heavy atom. The minimum absolute atomic E-state index is 0.256. The van der Waals surface area contributed by atoms with Crippen LogP contribution in [0.25, 0.3) is 0 Å². The van der Waals surface area contributed by atoms with E-state index in [2.05, 4.69) is 18.2 Å². The number of nitrogens with zero attached hydrogens (tertiary/aromatic N) is 1. The molecule has 0 N–H and O–H groups in total. The molecule has 0 radical (unpaired) electrons. The first kappa shape index (κ1) is 19.6. The highest BCUT2D eigenvalue weighted by atomic mass is 16.6. The van der Waals surface area contributed by atoms with Crippen molar-refractivity contribution in [3.63, 3.8) is 0 Å². The maximum atomic E-state index is 12.4. The van der Waals surface area contributed by atoms with Crippen molar-refractivity contribution in [1.29, 1.82) is 0 Å². The average Bonchev–Trinajstić information content (AvgIpc) is 3.09. The summed E-state index contributed by atoms with van der Waals surface area (Å²) in [5, 5.41) is 0. The number of fused-ring (bicyclic) bond motifs is 1. The van der Waals surface area contributed by atoms with Gasteiger partial charge in [0.15, 0.2) is 0 Å². The van der Waals surface area contributed by atoms with E-state index < -0.39 is 5.60 Å². The van der Waals surface area contributed by atoms with Gasteiger partial charge in [0.2, 0.25) is 0 Å². The van der Waals surface area contributed by atoms with Crippen molar-refractivity contribution in [2.45, 2.75) is 57.8 Å². The molecule has 0 bridgehead atoms. The number of ether oxygens (including phenoxy) is 3. The van der Waals surface area contributed by atoms with Crippen molar-refractivity contribution in [1.82, 2.24) is 4.90 Å². The van der Waals surface area contributed by atoms with Crippen LogP contribution in [0.15, 0.2) is 48.5 Å². The second kappa shape index (κ2) is 7.62. The maximum absolute atomic E-state index is 12.4. The third-order valence-electron chi connectivity index (χ3n) is 5.42. The SMILES string of the molecule is CC(C)(C)OC(=O)N1CC[C@]2(CCc3cc(OCc4ccccc4)ccc3O2)C1. The topological polar surface area (TPSA) is 48.0 Å². The van der Waals surface area contributed by atoms with E-state index >= 15 is 0 Å². The van der Waals surface area contributed by atoms with Gasteiger partial charge in [0.25, 0.3) is 0 Å². The van der Waals surface area contributed by atoms with E-state index in [1.165, 1.54) is 0 Å². The van der Waals surface area contributed by atoms with E-state index in [1.54, 1.807) is 4.90 Å². The van der Waals surface area contributed by atoms with E-state index in [-0.39, 0.29) is 11.7 Å². The van der Waals surface area contributed by atoms with Gasteiger partial charge in [0, 0.05) is 13.0 Å². The number of aryl methyl sites for hydroxylation is 1. The Morgan fingerprint density at radius 2 is 1.93 bits per heavy atom. The van der Waals surface area contributed by atoms with Crippen LogP contribution in [0.3, 0.4) is 0 Å². The van der Waals surface area contributed by atoms with Gasteiger partial charge in [-0.1, -0.05) is 30.3 Å². The van der Waals surface area contributed by atoms with E-state index in [0.29, 0.717) is 19.7 Å². The predicted molar refractivity (Wildman–Crippen MR) is 111 cm³/mol. The molecule has 2 heterocycles. The fourth-order valence-electron chi connectivity index (χ4n) is 3.94. The monoisotopic (exact) mass is 395 g/mol. The van der Waals surface area contributed by atoms with Crippen molar-refractivity contribution in [2.75, 3.05) is 13.1 Å². The number of hydrogen-bond acceptors (Lipinski definition) is 4. The number of carbonyl (C=O) groups excluding carboxylic acids is 1. The fourth-order valence-corrected chi connectivity index (χ4v) is 3.94. The van der Waals surface area contributed by atoms with Crippen molar-refractivity contribution in [3.05, 3.63) is 59.7 Å². The summed E-state index contributed by atoms with van der Waals surface area (Å²) in [5.74, 6) is 1.75. The second-order valence-corrected chi connectivity index (χ2v) is 8.98. The quantitative estimate of drug-likeness (QED) is 0.736. The molecule has 1 fully saturated rings. The molecule has 2 aromatic rings. The molecule has 5 nitrogen and oxygen atoms in total. The Morgan fingerprint density at radius 3 is 2.69 bits per heavy atom. The number of amides is 1. The zero-order chi connectivity index (χ0) is 20.5. The number of likely N-dealkylation sites (tertiary alicyclic amines) is 1. The first-order valence-corrected chi connectivity index (χ1v) is 10.3. The molecule has 4 rings (SSSR count). The van der Waals surface area contributed by atoms with Gasteiger partial charge >= 0.3 is 6.09 Å². The Bertz CT molecular complexity index is 874. The third-order valence-corrected chi connectivity index (χ3v) is 5.42. The summed E-state index contributed by atoms with van der Waals surface area (Å²) in [7, 11) is 0. The molecule has 5 heteroatoms. The molecule has 0 aromatic heterocycles. The molecule has 2 aromatic carbocycles. The van der Waals surface area contributed by atoms with Crippen LogP contribution in [0.2, 0.25) is 0 Å². The molecule has 0 saturated carbocycles. The summed E-state index contributed by atoms with van der Waals surface area (Å²) in [6.07, 6.45) is 2.38. The molecule has 2 aliphatic rings. The fraction of sp³-hybridized carbons (Fsp3) is 0.458. The highest BCUT2D eigenvalue weighted by Crippen LogP contribution is 2.40. The minimum atomic E-state index is -0.483. The van der Waals surface area contributed by atoms with E-state index in [1.807, 2.05) is 51.1 Å². The minimum Gasteiger partial charge on any atom is -0.489 e. The van der Waals surface area contributed by atoms with Gasteiger partial charge in [-0.25, -0.2) is 4.79 Å². The van der Waals surface area contributed by atoms with Gasteiger partial charge in [-0.05, 0) is 62.9 Å². The molecule has 2 aliphatic heterocycles. The Kier molecular flexibility index (Phi) is 5.15. The van der Waals surface area contributed by atoms with Gasteiger partial charge in [0.1, 0.15) is 29.3 Å². The smallest absolute Gasteiger partial charge is 0.410 e. The normalized spacial score (nSPS) is 20.9. The molecular weight excluding hydrogens is 366 g/mol. The van der Waals surface area contributed by atoms with Crippen LogP contribution in [0.1, 0.15) is 44.7 Å². The van der Waals surface area contributed by atoms with Crippen LogP contribution >= 0.6 is 0 Å². The average molecular weight is 395 g/mol. The van der Waals surface area contributed by atoms with Gasteiger partial charge in [-0.2, -0.15) is 0 Å². The summed E-state index contributed by atoms with van der Waals surface area (Å²) in [4.78, 5) is 14.2. The van der Waals surface area contributed by atoms with Gasteiger partial charge in [-0.15, -0.1) is 0 Å². The number of rotatable bonds is 3. The molecule has 1 amide bonds. The first-order chi connectivity index (χ1) is 13.8. The number of benzene rings is 2. The molecule has 154 valence electrons. The largest absolute Gasteiger partial charge is 0.489 e. The maximum Gasteiger partial charge on any atom is 0.410 e. The highest BCUT2D eigenvalue weighted by Gasteiger charge is 2.45. The van der Waals surface area contributed by atoms with Crippen LogP contribution in [-0.2, 0) is 17.8 Å². The molecule has 0 aliphatic carbocycles. The Hall–Kier alpha value is -2.69. The Labute approximate surface area is 172 Å². The van der Waals surface area contributed by atoms with Crippen molar-refractivity contribution in [3.8, 4) is 11.5 Å². The molecule has 1 atom stereocenters. The second-order valence-electron chi connectivity index (χ2n) is 8.98. The summed E-state index contributed by atoms with van der Waals surface area (Å²) < 4.78 is 17.9. The van der Waals surface area contributed by atoms with Gasteiger partial charge < -0.3 is 19.1 Å². The number of hydrogen-bond donors (Lipinski definition) is 0. The van der Waals surface area contributed by atoms with E-state index in [0.717, 1.165) is 41.9 Å². The van der Waals surface area contributed by atoms with Crippen LogP contribution in [0.5, 0.6) is 11.5 Å². The standard InChI is InChI=1S/C24H29NO4/c1-23(2,3)29-22(26)25-14-13-24(17-25)12-11-19-15-20(9-10-21(19)28-24)27-16-18-7-5-4-6-8-18/h4-10,15H,11-14,16-17H2,1-3H3/t24-/m1/s1. The first-order valence-electron chi connectivity index (χ1n) is 10.3. The predicted octanol–water partition coefficient (Wildman–Crippen LogP) is 4.97. The lowest BCUT2D eigenvalue weighted by atomic mass is 9.90. The third kappa shape index (κ3) is 4.66. The van der Waals surface area contributed by atoms with Crippen molar-refractivity contribution in [2.24, 2.45) is 0 Å². The van der Waals surface area contributed by atoms with Crippen molar-refractivity contribution < 1.29 is 19.0 Å². The van der Waals surface area contributed by atoms with Crippen LogP contribution in [0, 0.1) is 0 Å². The van der Waals surface area contributed by atoms with Gasteiger partial charge in [-0.3, -0.25) is 0 Å². The van der Waals surface area contributed by atoms with E-state index in [4.69, 9.17) is 14.2 Å². The van der Waals surface area contributed by atoms with Gasteiger partial charge in [0.05, 0.1) is 6.54 Å². The highest BCUT2D eigenvalue weighted by molar-refractivity contribution is 5.68. The summed E-state index contributed by atoms with van der Waals surface area (Å²) in [6, 6.07) is 16.2. The summed E-state index contributed by atoms with van der Waals surface area (Å²) in [6.45, 7) is 7.47. The van der Waals surface area contributed by atoms with Crippen LogP contribution in [-0.4, -0.2) is 35.3 Å². The Balaban J connectivity index is 1.38. The number of carbonyl (C=O) groups is 1. The zero-order valence-electron chi connectivity index (χ0n) is 17.4. The molecule has 0 unspecified atom stereocenters. The summed E-state index contributed by atoms with van der Waals surface area (Å²) >= 11 is 0. The zero-order valence-corrected chi connectivity index (χ0v) is 17.4. The molecule has 1 spiro atoms.